The van der Waals surface area contributed by atoms with Crippen LogP contribution in [0.5, 0.6) is 0 Å². The zero-order chi connectivity index (χ0) is 33.7. The largest absolute Gasteiger partial charge is 0.455 e. The van der Waals surface area contributed by atoms with Crippen molar-refractivity contribution in [1.29, 1.82) is 0 Å². The highest BCUT2D eigenvalue weighted by atomic mass is 16.3. The lowest BCUT2D eigenvalue weighted by atomic mass is 10.0. The van der Waals surface area contributed by atoms with E-state index in [-0.39, 0.29) is 0 Å². The van der Waals surface area contributed by atoms with Crippen LogP contribution in [0.15, 0.2) is 193 Å². The van der Waals surface area contributed by atoms with Crippen LogP contribution in [0.25, 0.3) is 71.7 Å². The fraction of sp³-hybridized carbons (Fsp3) is 0. The van der Waals surface area contributed by atoms with Crippen LogP contribution in [0.2, 0.25) is 0 Å². The SMILES string of the molecule is c1ccc(N(c2ccc(-c3cncc4c3oc3ccccc34)cc2)c2ccccc2-c2ccc(-n3c4ccccc4c4ccccc43)cc2)cc1. The first-order valence-corrected chi connectivity index (χ1v) is 17.2. The molecule has 0 radical (unpaired) electrons. The summed E-state index contributed by atoms with van der Waals surface area (Å²) in [6.07, 6.45) is 3.79. The Kier molecular flexibility index (Phi) is 6.78. The first-order chi connectivity index (χ1) is 25.3. The van der Waals surface area contributed by atoms with Gasteiger partial charge in [0.2, 0.25) is 0 Å². The molecule has 0 atom stereocenters. The van der Waals surface area contributed by atoms with E-state index in [2.05, 4.69) is 172 Å². The predicted octanol–water partition coefficient (Wildman–Crippen LogP) is 12.9. The third kappa shape index (κ3) is 4.80. The van der Waals surface area contributed by atoms with Crippen molar-refractivity contribution in [2.24, 2.45) is 0 Å². The lowest BCUT2D eigenvalue weighted by molar-refractivity contribution is 0.669. The monoisotopic (exact) mass is 653 g/mol. The number of para-hydroxylation sites is 5. The van der Waals surface area contributed by atoms with Crippen molar-refractivity contribution in [1.82, 2.24) is 9.55 Å². The molecule has 51 heavy (non-hydrogen) atoms. The minimum atomic E-state index is 0.855. The van der Waals surface area contributed by atoms with E-state index >= 15 is 0 Å². The third-order valence-corrected chi connectivity index (χ3v) is 9.90. The number of hydrogen-bond acceptors (Lipinski definition) is 3. The Morgan fingerprint density at radius 1 is 0.431 bits per heavy atom. The molecule has 10 aromatic rings. The molecule has 10 rings (SSSR count). The zero-order valence-electron chi connectivity index (χ0n) is 27.6. The number of furan rings is 1. The summed E-state index contributed by atoms with van der Waals surface area (Å²) in [6, 6.07) is 62.3. The standard InChI is InChI=1S/C47H31N3O/c1-2-12-34(13-3-1)49(35-26-24-33(25-27-35)41-30-48-31-42-40-17-7-11-21-46(40)51-47(41)42)43-18-8-4-14-37(43)32-22-28-36(29-23-32)50-44-19-9-5-15-38(44)39-16-6-10-20-45(39)50/h1-31H. The predicted molar refractivity (Wildman–Crippen MR) is 211 cm³/mol. The second kappa shape index (κ2) is 11.9. The second-order valence-corrected chi connectivity index (χ2v) is 12.8. The molecule has 3 aromatic heterocycles. The van der Waals surface area contributed by atoms with Crippen molar-refractivity contribution in [3.63, 3.8) is 0 Å². The summed E-state index contributed by atoms with van der Waals surface area (Å²) in [5.41, 5.74) is 12.8. The number of rotatable bonds is 6. The highest BCUT2D eigenvalue weighted by Crippen LogP contribution is 2.42. The number of anilines is 3. The lowest BCUT2D eigenvalue weighted by Gasteiger charge is -2.28. The Balaban J connectivity index is 1.06. The molecule has 0 N–H and O–H groups in total. The lowest BCUT2D eigenvalue weighted by Crippen LogP contribution is -2.11. The molecular formula is C47H31N3O. The zero-order valence-corrected chi connectivity index (χ0v) is 27.6. The highest BCUT2D eigenvalue weighted by Gasteiger charge is 2.19. The molecule has 0 bridgehead atoms. The maximum absolute atomic E-state index is 6.34. The normalized spacial score (nSPS) is 11.5. The molecule has 0 saturated heterocycles. The minimum Gasteiger partial charge on any atom is -0.455 e. The van der Waals surface area contributed by atoms with Crippen molar-refractivity contribution in [2.75, 3.05) is 4.90 Å². The summed E-state index contributed by atoms with van der Waals surface area (Å²) >= 11 is 0. The number of fused-ring (bicyclic) bond motifs is 6. The van der Waals surface area contributed by atoms with Crippen LogP contribution in [0.3, 0.4) is 0 Å². The Hall–Kier alpha value is -6.91. The Morgan fingerprint density at radius 2 is 1.00 bits per heavy atom. The maximum Gasteiger partial charge on any atom is 0.146 e. The Labute approximate surface area is 295 Å². The summed E-state index contributed by atoms with van der Waals surface area (Å²) in [4.78, 5) is 6.92. The van der Waals surface area contributed by atoms with E-state index in [1.54, 1.807) is 0 Å². The van der Waals surface area contributed by atoms with Crippen LogP contribution < -0.4 is 4.90 Å². The van der Waals surface area contributed by atoms with Gasteiger partial charge in [0, 0.05) is 62.1 Å². The smallest absolute Gasteiger partial charge is 0.146 e. The third-order valence-electron chi connectivity index (χ3n) is 9.90. The van der Waals surface area contributed by atoms with Crippen molar-refractivity contribution < 1.29 is 4.42 Å². The summed E-state index contributed by atoms with van der Waals surface area (Å²) in [5.74, 6) is 0. The first-order valence-electron chi connectivity index (χ1n) is 17.2. The quantitative estimate of drug-likeness (QED) is 0.179. The molecule has 3 heterocycles. The molecule has 0 aliphatic heterocycles. The highest BCUT2D eigenvalue weighted by molar-refractivity contribution is 6.10. The minimum absolute atomic E-state index is 0.855. The molecule has 0 aliphatic carbocycles. The summed E-state index contributed by atoms with van der Waals surface area (Å²) in [7, 11) is 0. The van der Waals surface area contributed by atoms with E-state index in [1.807, 2.05) is 30.6 Å². The van der Waals surface area contributed by atoms with Crippen LogP contribution in [0, 0.1) is 0 Å². The van der Waals surface area contributed by atoms with Gasteiger partial charge in [-0.2, -0.15) is 0 Å². The van der Waals surface area contributed by atoms with Crippen LogP contribution in [0.1, 0.15) is 0 Å². The van der Waals surface area contributed by atoms with Crippen molar-refractivity contribution in [3.8, 4) is 27.9 Å². The van der Waals surface area contributed by atoms with Gasteiger partial charge in [0.25, 0.3) is 0 Å². The molecule has 7 aromatic carbocycles. The van der Waals surface area contributed by atoms with Crippen molar-refractivity contribution >= 4 is 60.8 Å². The molecule has 0 amide bonds. The van der Waals surface area contributed by atoms with E-state index in [1.165, 1.54) is 21.8 Å². The number of pyridine rings is 1. The summed E-state index contributed by atoms with van der Waals surface area (Å²) in [6.45, 7) is 0. The van der Waals surface area contributed by atoms with E-state index in [9.17, 15) is 0 Å². The van der Waals surface area contributed by atoms with Crippen LogP contribution in [-0.4, -0.2) is 9.55 Å². The van der Waals surface area contributed by atoms with E-state index in [0.717, 1.165) is 66.9 Å². The number of benzene rings is 7. The molecule has 240 valence electrons. The second-order valence-electron chi connectivity index (χ2n) is 12.8. The summed E-state index contributed by atoms with van der Waals surface area (Å²) < 4.78 is 8.70. The van der Waals surface area contributed by atoms with Gasteiger partial charge in [0.05, 0.1) is 16.7 Å². The topological polar surface area (TPSA) is 34.2 Å². The molecule has 0 aliphatic rings. The van der Waals surface area contributed by atoms with Gasteiger partial charge >= 0.3 is 0 Å². The average Bonchev–Trinajstić information content (AvgIpc) is 3.75. The van der Waals surface area contributed by atoms with Gasteiger partial charge in [0.15, 0.2) is 0 Å². The Morgan fingerprint density at radius 3 is 1.75 bits per heavy atom. The van der Waals surface area contributed by atoms with Crippen molar-refractivity contribution in [3.05, 3.63) is 188 Å². The van der Waals surface area contributed by atoms with Crippen LogP contribution in [0.4, 0.5) is 17.1 Å². The molecule has 4 heteroatoms. The van der Waals surface area contributed by atoms with E-state index < -0.39 is 0 Å². The van der Waals surface area contributed by atoms with Gasteiger partial charge in [-0.25, -0.2) is 0 Å². The van der Waals surface area contributed by atoms with Gasteiger partial charge in [-0.1, -0.05) is 115 Å². The summed E-state index contributed by atoms with van der Waals surface area (Å²) in [5, 5.41) is 4.62. The van der Waals surface area contributed by atoms with Gasteiger partial charge in [-0.15, -0.1) is 0 Å². The molecule has 0 unspecified atom stereocenters. The maximum atomic E-state index is 6.34. The van der Waals surface area contributed by atoms with Gasteiger partial charge in [0.1, 0.15) is 11.2 Å². The molecule has 0 fully saturated rings. The van der Waals surface area contributed by atoms with Crippen LogP contribution >= 0.6 is 0 Å². The first kappa shape index (κ1) is 29.0. The molecule has 0 spiro atoms. The van der Waals surface area contributed by atoms with Crippen LogP contribution in [-0.2, 0) is 0 Å². The fourth-order valence-corrected chi connectivity index (χ4v) is 7.54. The number of nitrogens with zero attached hydrogens (tertiary/aromatic N) is 3. The molecule has 4 nitrogen and oxygen atoms in total. The fourth-order valence-electron chi connectivity index (χ4n) is 7.54. The van der Waals surface area contributed by atoms with E-state index in [0.29, 0.717) is 0 Å². The van der Waals surface area contributed by atoms with Crippen molar-refractivity contribution in [2.45, 2.75) is 0 Å². The van der Waals surface area contributed by atoms with Gasteiger partial charge in [-0.05, 0) is 71.8 Å². The van der Waals surface area contributed by atoms with Gasteiger partial charge < -0.3 is 13.9 Å². The Bertz CT molecular complexity index is 2800. The average molecular weight is 654 g/mol. The molecular weight excluding hydrogens is 623 g/mol. The number of hydrogen-bond donors (Lipinski definition) is 0. The van der Waals surface area contributed by atoms with Gasteiger partial charge in [-0.3, -0.25) is 4.98 Å². The molecule has 0 saturated carbocycles. The van der Waals surface area contributed by atoms with E-state index in [4.69, 9.17) is 4.42 Å². The number of aromatic nitrogens is 2.